The molecule has 1 saturated heterocycles. The largest absolute Gasteiger partial charge is 0.339 e. The Hall–Kier alpha value is -2.04. The Morgan fingerprint density at radius 1 is 0.889 bits per heavy atom. The number of amides is 3. The number of carbonyl (C=O) groups excluding carboxylic acids is 2. The highest BCUT2D eigenvalue weighted by atomic mass is 16.2. The highest BCUT2D eigenvalue weighted by Crippen LogP contribution is 2.22. The number of carbonyl (C=O) groups is 2. The summed E-state index contributed by atoms with van der Waals surface area (Å²) < 4.78 is 0. The molecule has 27 heavy (non-hydrogen) atoms. The van der Waals surface area contributed by atoms with Gasteiger partial charge in [-0.1, -0.05) is 65.8 Å². The average Bonchev–Trinajstić information content (AvgIpc) is 2.59. The van der Waals surface area contributed by atoms with E-state index in [4.69, 9.17) is 0 Å². The van der Waals surface area contributed by atoms with Gasteiger partial charge >= 0.3 is 6.03 Å². The van der Waals surface area contributed by atoms with Crippen molar-refractivity contribution in [1.82, 2.24) is 15.1 Å². The second-order valence-electron chi connectivity index (χ2n) is 9.71. The van der Waals surface area contributed by atoms with Gasteiger partial charge in [0, 0.05) is 32.7 Å². The Morgan fingerprint density at radius 2 is 1.41 bits per heavy atom. The maximum absolute atomic E-state index is 12.6. The molecule has 1 aliphatic rings. The zero-order valence-electron chi connectivity index (χ0n) is 17.8. The Morgan fingerprint density at radius 3 is 1.89 bits per heavy atom. The third-order valence-electron chi connectivity index (χ3n) is 4.86. The minimum atomic E-state index is -0.0326. The summed E-state index contributed by atoms with van der Waals surface area (Å²) in [6, 6.07) is 8.29. The van der Waals surface area contributed by atoms with Crippen LogP contribution in [-0.2, 0) is 16.6 Å². The molecule has 1 aliphatic heterocycles. The highest BCUT2D eigenvalue weighted by molar-refractivity contribution is 5.79. The SMILES string of the molecule is CC(C)(C)CNC(=O)N1CCN(C(=O)Cc2ccc(C(C)(C)C)cc2)CC1. The summed E-state index contributed by atoms with van der Waals surface area (Å²) in [4.78, 5) is 28.5. The minimum Gasteiger partial charge on any atom is -0.339 e. The molecule has 1 heterocycles. The summed E-state index contributed by atoms with van der Waals surface area (Å²) in [5.41, 5.74) is 2.49. The Bertz CT molecular complexity index is 646. The van der Waals surface area contributed by atoms with Crippen LogP contribution in [0.5, 0.6) is 0 Å². The first-order valence-corrected chi connectivity index (χ1v) is 9.86. The summed E-state index contributed by atoms with van der Waals surface area (Å²) in [6.07, 6.45) is 0.417. The number of urea groups is 1. The molecule has 0 spiro atoms. The predicted molar refractivity (Wildman–Crippen MR) is 110 cm³/mol. The summed E-state index contributed by atoms with van der Waals surface area (Å²) in [5, 5.41) is 2.98. The van der Waals surface area contributed by atoms with Crippen LogP contribution in [0.15, 0.2) is 24.3 Å². The van der Waals surface area contributed by atoms with Crippen LogP contribution in [0.1, 0.15) is 52.7 Å². The lowest BCUT2D eigenvalue weighted by Crippen LogP contribution is -2.54. The fourth-order valence-corrected chi connectivity index (χ4v) is 3.02. The molecule has 0 bridgehead atoms. The molecule has 1 aromatic carbocycles. The molecule has 5 nitrogen and oxygen atoms in total. The average molecular weight is 374 g/mol. The fraction of sp³-hybridized carbons (Fsp3) is 0.636. The molecule has 1 fully saturated rings. The van der Waals surface area contributed by atoms with Crippen LogP contribution in [0.25, 0.3) is 0 Å². The number of rotatable bonds is 3. The lowest BCUT2D eigenvalue weighted by Gasteiger charge is -2.35. The second kappa shape index (κ2) is 8.32. The van der Waals surface area contributed by atoms with Gasteiger partial charge in [0.15, 0.2) is 0 Å². The molecule has 0 aliphatic carbocycles. The van der Waals surface area contributed by atoms with Crippen molar-refractivity contribution in [1.29, 1.82) is 0 Å². The van der Waals surface area contributed by atoms with Gasteiger partial charge in [-0.25, -0.2) is 4.79 Å². The van der Waals surface area contributed by atoms with Crippen LogP contribution >= 0.6 is 0 Å². The monoisotopic (exact) mass is 373 g/mol. The summed E-state index contributed by atoms with van der Waals surface area (Å²) in [6.45, 7) is 15.9. The number of hydrogen-bond acceptors (Lipinski definition) is 2. The molecular weight excluding hydrogens is 338 g/mol. The van der Waals surface area contributed by atoms with E-state index in [1.54, 1.807) is 4.90 Å². The summed E-state index contributed by atoms with van der Waals surface area (Å²) in [7, 11) is 0. The zero-order chi connectivity index (χ0) is 20.2. The van der Waals surface area contributed by atoms with Gasteiger partial charge in [0.2, 0.25) is 5.91 Å². The smallest absolute Gasteiger partial charge is 0.317 e. The maximum Gasteiger partial charge on any atom is 0.317 e. The topological polar surface area (TPSA) is 52.7 Å². The van der Waals surface area contributed by atoms with Crippen molar-refractivity contribution in [2.24, 2.45) is 5.41 Å². The van der Waals surface area contributed by atoms with Crippen molar-refractivity contribution < 1.29 is 9.59 Å². The van der Waals surface area contributed by atoms with Crippen molar-refractivity contribution in [3.8, 4) is 0 Å². The number of nitrogens with zero attached hydrogens (tertiary/aromatic N) is 2. The first kappa shape index (κ1) is 21.3. The van der Waals surface area contributed by atoms with Crippen molar-refractivity contribution in [2.75, 3.05) is 32.7 Å². The lowest BCUT2D eigenvalue weighted by molar-refractivity contribution is -0.131. The quantitative estimate of drug-likeness (QED) is 0.882. The molecule has 0 aromatic heterocycles. The number of benzene rings is 1. The van der Waals surface area contributed by atoms with Crippen LogP contribution in [-0.4, -0.2) is 54.5 Å². The maximum atomic E-state index is 12.6. The molecule has 150 valence electrons. The lowest BCUT2D eigenvalue weighted by atomic mass is 9.86. The molecule has 1 aromatic rings. The van der Waals surface area contributed by atoms with Crippen LogP contribution in [0.4, 0.5) is 4.79 Å². The van der Waals surface area contributed by atoms with E-state index in [0.29, 0.717) is 39.1 Å². The molecular formula is C22H35N3O2. The molecule has 2 rings (SSSR count). The molecule has 0 atom stereocenters. The predicted octanol–water partition coefficient (Wildman–Crippen LogP) is 3.43. The number of nitrogens with one attached hydrogen (secondary N) is 1. The molecule has 1 N–H and O–H groups in total. The highest BCUT2D eigenvalue weighted by Gasteiger charge is 2.25. The Balaban J connectivity index is 1.82. The van der Waals surface area contributed by atoms with Crippen molar-refractivity contribution in [3.05, 3.63) is 35.4 Å². The van der Waals surface area contributed by atoms with Crippen LogP contribution in [0.3, 0.4) is 0 Å². The molecule has 3 amide bonds. The van der Waals surface area contributed by atoms with E-state index in [9.17, 15) is 9.59 Å². The molecule has 5 heteroatoms. The van der Waals surface area contributed by atoms with Gasteiger partial charge in [0.05, 0.1) is 6.42 Å². The van der Waals surface area contributed by atoms with Crippen LogP contribution in [0, 0.1) is 5.41 Å². The normalized spacial score (nSPS) is 15.6. The summed E-state index contributed by atoms with van der Waals surface area (Å²) in [5.74, 6) is 0.133. The van der Waals surface area contributed by atoms with Gasteiger partial charge < -0.3 is 15.1 Å². The molecule has 0 unspecified atom stereocenters. The van der Waals surface area contributed by atoms with Crippen LogP contribution < -0.4 is 5.32 Å². The van der Waals surface area contributed by atoms with E-state index in [2.05, 4.69) is 71.1 Å². The number of piperazine rings is 1. The van der Waals surface area contributed by atoms with Crippen molar-refractivity contribution in [2.45, 2.75) is 53.4 Å². The van der Waals surface area contributed by atoms with Gasteiger partial charge in [-0.3, -0.25) is 4.79 Å². The first-order chi connectivity index (χ1) is 12.5. The van der Waals surface area contributed by atoms with E-state index in [1.165, 1.54) is 5.56 Å². The van der Waals surface area contributed by atoms with Crippen molar-refractivity contribution >= 4 is 11.9 Å². The van der Waals surface area contributed by atoms with Crippen molar-refractivity contribution in [3.63, 3.8) is 0 Å². The fourth-order valence-electron chi connectivity index (χ4n) is 3.02. The van der Waals surface area contributed by atoms with Gasteiger partial charge in [-0.05, 0) is 22.0 Å². The van der Waals surface area contributed by atoms with Gasteiger partial charge in [-0.15, -0.1) is 0 Å². The van der Waals surface area contributed by atoms with E-state index < -0.39 is 0 Å². The van der Waals surface area contributed by atoms with Crippen LogP contribution in [0.2, 0.25) is 0 Å². The summed E-state index contributed by atoms with van der Waals surface area (Å²) >= 11 is 0. The standard InChI is InChI=1S/C22H35N3O2/c1-21(2,3)16-23-20(27)25-13-11-24(12-14-25)19(26)15-17-7-9-18(10-8-17)22(4,5)6/h7-10H,11-16H2,1-6H3,(H,23,27). The Labute approximate surface area is 164 Å². The minimum absolute atomic E-state index is 0.0326. The first-order valence-electron chi connectivity index (χ1n) is 9.86. The zero-order valence-corrected chi connectivity index (χ0v) is 17.8. The third-order valence-corrected chi connectivity index (χ3v) is 4.86. The molecule has 0 radical (unpaired) electrons. The van der Waals surface area contributed by atoms with E-state index in [1.807, 2.05) is 4.90 Å². The van der Waals surface area contributed by atoms with E-state index >= 15 is 0 Å². The van der Waals surface area contributed by atoms with Gasteiger partial charge in [0.1, 0.15) is 0 Å². The van der Waals surface area contributed by atoms with E-state index in [-0.39, 0.29) is 22.8 Å². The molecule has 0 saturated carbocycles. The Kier molecular flexibility index (Phi) is 6.55. The second-order valence-corrected chi connectivity index (χ2v) is 9.71. The van der Waals surface area contributed by atoms with E-state index in [0.717, 1.165) is 5.56 Å². The van der Waals surface area contributed by atoms with Gasteiger partial charge in [0.25, 0.3) is 0 Å². The third kappa shape index (κ3) is 6.56. The number of hydrogen-bond donors (Lipinski definition) is 1. The van der Waals surface area contributed by atoms with Gasteiger partial charge in [-0.2, -0.15) is 0 Å².